The third kappa shape index (κ3) is 3.08. The average Bonchev–Trinajstić information content (AvgIpc) is 2.42. The number of rotatable bonds is 2. The summed E-state index contributed by atoms with van der Waals surface area (Å²) in [5, 5.41) is 0.970. The molecule has 2 rings (SSSR count). The molecule has 1 unspecified atom stereocenters. The zero-order chi connectivity index (χ0) is 15.9. The van der Waals surface area contributed by atoms with E-state index < -0.39 is 0 Å². The van der Waals surface area contributed by atoms with Gasteiger partial charge in [0.1, 0.15) is 0 Å². The first kappa shape index (κ1) is 16.7. The summed E-state index contributed by atoms with van der Waals surface area (Å²) in [7, 11) is 0. The summed E-state index contributed by atoms with van der Waals surface area (Å²) in [6.07, 6.45) is 0. The van der Waals surface area contributed by atoms with Gasteiger partial charge in [-0.25, -0.2) is 0 Å². The normalized spacial score (nSPS) is 12.6. The predicted octanol–water partition coefficient (Wildman–Crippen LogP) is 6.86. The van der Waals surface area contributed by atoms with Crippen LogP contribution in [-0.2, 0) is 0 Å². The van der Waals surface area contributed by atoms with E-state index in [-0.39, 0.29) is 5.38 Å². The Morgan fingerprint density at radius 3 is 1.48 bits per heavy atom. The van der Waals surface area contributed by atoms with E-state index in [0.717, 1.165) is 11.1 Å². The van der Waals surface area contributed by atoms with Crippen LogP contribution < -0.4 is 0 Å². The van der Waals surface area contributed by atoms with Crippen molar-refractivity contribution >= 4 is 34.8 Å². The van der Waals surface area contributed by atoms with Gasteiger partial charge in [-0.1, -0.05) is 23.2 Å². The second kappa shape index (κ2) is 6.20. The van der Waals surface area contributed by atoms with Crippen LogP contribution in [0, 0.1) is 34.6 Å². The second-order valence-corrected chi connectivity index (χ2v) is 6.91. The van der Waals surface area contributed by atoms with Gasteiger partial charge in [0.05, 0.1) is 5.38 Å². The van der Waals surface area contributed by atoms with Crippen molar-refractivity contribution < 1.29 is 0 Å². The van der Waals surface area contributed by atoms with Crippen molar-refractivity contribution in [2.75, 3.05) is 0 Å². The van der Waals surface area contributed by atoms with Crippen LogP contribution >= 0.6 is 34.8 Å². The van der Waals surface area contributed by atoms with Crippen LogP contribution in [0.25, 0.3) is 0 Å². The first-order chi connectivity index (χ1) is 9.73. The lowest BCUT2D eigenvalue weighted by molar-refractivity contribution is 1.04. The molecule has 21 heavy (non-hydrogen) atoms. The second-order valence-electron chi connectivity index (χ2n) is 5.60. The summed E-state index contributed by atoms with van der Waals surface area (Å²) in [5.41, 5.74) is 8.51. The molecule has 0 nitrogen and oxygen atoms in total. The first-order valence-corrected chi connectivity index (χ1v) is 8.10. The highest BCUT2D eigenvalue weighted by molar-refractivity contribution is 6.35. The molecule has 0 saturated carbocycles. The van der Waals surface area contributed by atoms with E-state index >= 15 is 0 Å². The molecule has 0 aromatic heterocycles. The fourth-order valence-corrected chi connectivity index (χ4v) is 3.79. The molecule has 2 aromatic carbocycles. The fourth-order valence-electron chi connectivity index (χ4n) is 2.80. The summed E-state index contributed by atoms with van der Waals surface area (Å²) >= 11 is 19.0. The molecule has 0 amide bonds. The van der Waals surface area contributed by atoms with Gasteiger partial charge in [0.25, 0.3) is 0 Å². The molecule has 0 fully saturated rings. The van der Waals surface area contributed by atoms with E-state index in [0.29, 0.717) is 10.0 Å². The zero-order valence-corrected chi connectivity index (χ0v) is 15.2. The lowest BCUT2D eigenvalue weighted by Gasteiger charge is -2.22. The molecule has 0 radical (unpaired) electrons. The van der Waals surface area contributed by atoms with Crippen LogP contribution in [0.4, 0.5) is 0 Å². The van der Waals surface area contributed by atoms with Gasteiger partial charge in [-0.15, -0.1) is 11.6 Å². The van der Waals surface area contributed by atoms with Crippen molar-refractivity contribution in [2.24, 2.45) is 0 Å². The summed E-state index contributed by atoms with van der Waals surface area (Å²) < 4.78 is 0. The van der Waals surface area contributed by atoms with Crippen molar-refractivity contribution in [1.29, 1.82) is 0 Å². The standard InChI is InChI=1S/C18H19Cl3/c1-9-10(2)12(4)17(13(5)11(9)3)18(21)14-6-15(19)8-16(20)7-14/h6-8,18H,1-5H3. The van der Waals surface area contributed by atoms with Crippen LogP contribution in [0.1, 0.15) is 44.3 Å². The van der Waals surface area contributed by atoms with Gasteiger partial charge in [-0.3, -0.25) is 0 Å². The third-order valence-electron chi connectivity index (χ3n) is 4.49. The van der Waals surface area contributed by atoms with Gasteiger partial charge >= 0.3 is 0 Å². The smallest absolute Gasteiger partial charge is 0.0841 e. The highest BCUT2D eigenvalue weighted by Crippen LogP contribution is 2.38. The summed E-state index contributed by atoms with van der Waals surface area (Å²) in [6, 6.07) is 5.49. The molecule has 2 aromatic rings. The number of hydrogen-bond acceptors (Lipinski definition) is 0. The molecule has 3 heteroatoms. The molecular formula is C18H19Cl3. The maximum Gasteiger partial charge on any atom is 0.0841 e. The Labute approximate surface area is 142 Å². The van der Waals surface area contributed by atoms with Crippen LogP contribution in [0.3, 0.4) is 0 Å². The lowest BCUT2D eigenvalue weighted by Crippen LogP contribution is -2.06. The van der Waals surface area contributed by atoms with Crippen LogP contribution in [-0.4, -0.2) is 0 Å². The first-order valence-electron chi connectivity index (χ1n) is 6.91. The Morgan fingerprint density at radius 1 is 0.667 bits per heavy atom. The minimum Gasteiger partial charge on any atom is -0.113 e. The lowest BCUT2D eigenvalue weighted by atomic mass is 9.86. The number of benzene rings is 2. The van der Waals surface area contributed by atoms with E-state index in [4.69, 9.17) is 34.8 Å². The van der Waals surface area contributed by atoms with Crippen molar-refractivity contribution in [3.63, 3.8) is 0 Å². The molecule has 0 spiro atoms. The predicted molar refractivity (Wildman–Crippen MR) is 94.3 cm³/mol. The number of halogens is 3. The molecule has 0 N–H and O–H groups in total. The Morgan fingerprint density at radius 2 is 1.05 bits per heavy atom. The summed E-state index contributed by atoms with van der Waals surface area (Å²) in [5.74, 6) is 0. The van der Waals surface area contributed by atoms with Crippen molar-refractivity contribution in [1.82, 2.24) is 0 Å². The summed E-state index contributed by atoms with van der Waals surface area (Å²) in [4.78, 5) is 0. The van der Waals surface area contributed by atoms with Crippen molar-refractivity contribution in [3.05, 3.63) is 67.2 Å². The molecule has 0 aliphatic carbocycles. The highest BCUT2D eigenvalue weighted by atomic mass is 35.5. The molecule has 0 aliphatic heterocycles. The monoisotopic (exact) mass is 340 g/mol. The van der Waals surface area contributed by atoms with Crippen LogP contribution in [0.15, 0.2) is 18.2 Å². The average molecular weight is 342 g/mol. The maximum atomic E-state index is 6.77. The van der Waals surface area contributed by atoms with E-state index in [9.17, 15) is 0 Å². The largest absolute Gasteiger partial charge is 0.113 e. The minimum atomic E-state index is -0.251. The molecule has 0 heterocycles. The molecule has 0 aliphatic rings. The molecule has 1 atom stereocenters. The van der Waals surface area contributed by atoms with Gasteiger partial charge < -0.3 is 0 Å². The van der Waals surface area contributed by atoms with E-state index in [1.807, 2.05) is 12.1 Å². The summed E-state index contributed by atoms with van der Waals surface area (Å²) in [6.45, 7) is 10.7. The Kier molecular flexibility index (Phi) is 4.92. The highest BCUT2D eigenvalue weighted by Gasteiger charge is 2.20. The van der Waals surface area contributed by atoms with Gasteiger partial charge in [0.2, 0.25) is 0 Å². The zero-order valence-electron chi connectivity index (χ0n) is 12.9. The van der Waals surface area contributed by atoms with Gasteiger partial charge in [0, 0.05) is 10.0 Å². The number of alkyl halides is 1. The molecule has 112 valence electrons. The van der Waals surface area contributed by atoms with Crippen molar-refractivity contribution in [2.45, 2.75) is 40.0 Å². The maximum absolute atomic E-state index is 6.77. The number of hydrogen-bond donors (Lipinski definition) is 0. The SMILES string of the molecule is Cc1c(C)c(C)c(C(Cl)c2cc(Cl)cc(Cl)c2)c(C)c1C. The van der Waals surface area contributed by atoms with Gasteiger partial charge in [-0.2, -0.15) is 0 Å². The molecular weight excluding hydrogens is 323 g/mol. The molecule has 0 saturated heterocycles. The van der Waals surface area contributed by atoms with Gasteiger partial charge in [-0.05, 0) is 91.8 Å². The minimum absolute atomic E-state index is 0.251. The fraction of sp³-hybridized carbons (Fsp3) is 0.333. The molecule has 0 bridgehead atoms. The third-order valence-corrected chi connectivity index (χ3v) is 5.40. The topological polar surface area (TPSA) is 0 Å². The van der Waals surface area contributed by atoms with Crippen LogP contribution in [0.5, 0.6) is 0 Å². The Balaban J connectivity index is 2.66. The Bertz CT molecular complexity index is 653. The van der Waals surface area contributed by atoms with E-state index in [2.05, 4.69) is 34.6 Å². The van der Waals surface area contributed by atoms with Crippen molar-refractivity contribution in [3.8, 4) is 0 Å². The van der Waals surface area contributed by atoms with E-state index in [1.54, 1.807) is 6.07 Å². The van der Waals surface area contributed by atoms with Gasteiger partial charge in [0.15, 0.2) is 0 Å². The Hall–Kier alpha value is -0.690. The van der Waals surface area contributed by atoms with Crippen LogP contribution in [0.2, 0.25) is 10.0 Å². The van der Waals surface area contributed by atoms with E-state index in [1.165, 1.54) is 27.8 Å². The quantitative estimate of drug-likeness (QED) is 0.523.